The van der Waals surface area contributed by atoms with Crippen LogP contribution in [0.1, 0.15) is 29.1 Å². The number of carbonyl (C=O) groups is 3. The van der Waals surface area contributed by atoms with Crippen LogP contribution >= 0.6 is 11.3 Å². The predicted octanol–water partition coefficient (Wildman–Crippen LogP) is 2.11. The molecule has 9 heteroatoms. The number of hydrogen-bond donors (Lipinski definition) is 1. The fraction of sp³-hybridized carbons (Fsp3) is 0.444. The number of nitrogens with zero attached hydrogens (tertiary/aromatic N) is 3. The molecule has 1 fully saturated rings. The highest BCUT2D eigenvalue weighted by Crippen LogP contribution is 2.26. The van der Waals surface area contributed by atoms with Crippen molar-refractivity contribution in [1.29, 1.82) is 0 Å². The molecule has 1 saturated heterocycles. The number of likely N-dealkylation sites (N-methyl/N-ethyl adjacent to an activating group) is 1. The molecule has 3 rings (SSSR count). The zero-order valence-corrected chi connectivity index (χ0v) is 16.0. The van der Waals surface area contributed by atoms with E-state index in [1.54, 1.807) is 11.4 Å². The smallest absolute Gasteiger partial charge is 0.308 e. The van der Waals surface area contributed by atoms with Gasteiger partial charge in [0.25, 0.3) is 5.91 Å². The highest BCUT2D eigenvalue weighted by molar-refractivity contribution is 7.13. The molecule has 2 aromatic rings. The van der Waals surface area contributed by atoms with Gasteiger partial charge in [-0.1, -0.05) is 0 Å². The molecule has 0 aliphatic carbocycles. The number of aryl methyl sites for hydroxylation is 1. The van der Waals surface area contributed by atoms with E-state index in [1.165, 1.54) is 28.2 Å². The molecule has 0 bridgehead atoms. The Kier molecular flexibility index (Phi) is 5.59. The van der Waals surface area contributed by atoms with E-state index in [9.17, 15) is 14.4 Å². The van der Waals surface area contributed by atoms with Crippen molar-refractivity contribution >= 4 is 29.1 Å². The number of carboxylic acid groups (broad SMARTS) is 1. The number of hydrogen-bond acceptors (Lipinski definition) is 6. The number of aromatic nitrogens is 1. The topological polar surface area (TPSA) is 104 Å². The largest absolute Gasteiger partial charge is 0.481 e. The average Bonchev–Trinajstić information content (AvgIpc) is 3.30. The monoisotopic (exact) mass is 391 g/mol. The predicted molar refractivity (Wildman–Crippen MR) is 98.5 cm³/mol. The Labute approximate surface area is 160 Å². The number of rotatable bonds is 5. The SMILES string of the molecule is Cc1ccc(-c2nc(C(=O)N(C)CC(=O)N3CCCC(C(=O)O)C3)cs2)o1. The quantitative estimate of drug-likeness (QED) is 0.837. The second-order valence-electron chi connectivity index (χ2n) is 6.63. The Hall–Kier alpha value is -2.68. The van der Waals surface area contributed by atoms with E-state index in [-0.39, 0.29) is 30.6 Å². The number of piperidine rings is 1. The summed E-state index contributed by atoms with van der Waals surface area (Å²) >= 11 is 1.30. The molecule has 1 aliphatic rings. The molecule has 0 aromatic carbocycles. The zero-order chi connectivity index (χ0) is 19.6. The first-order valence-corrected chi connectivity index (χ1v) is 9.51. The van der Waals surface area contributed by atoms with Gasteiger partial charge in [-0.25, -0.2) is 4.98 Å². The van der Waals surface area contributed by atoms with Gasteiger partial charge in [-0.3, -0.25) is 14.4 Å². The number of carbonyl (C=O) groups excluding carboxylic acids is 2. The summed E-state index contributed by atoms with van der Waals surface area (Å²) in [5, 5.41) is 11.4. The molecule has 1 aliphatic heterocycles. The van der Waals surface area contributed by atoms with Crippen LogP contribution in [0.5, 0.6) is 0 Å². The van der Waals surface area contributed by atoms with Crippen LogP contribution in [0.4, 0.5) is 0 Å². The van der Waals surface area contributed by atoms with E-state index in [2.05, 4.69) is 4.98 Å². The fourth-order valence-electron chi connectivity index (χ4n) is 3.01. The summed E-state index contributed by atoms with van der Waals surface area (Å²) in [6.45, 7) is 2.42. The van der Waals surface area contributed by atoms with Gasteiger partial charge in [0.2, 0.25) is 5.91 Å². The van der Waals surface area contributed by atoms with Crippen LogP contribution in [-0.2, 0) is 9.59 Å². The lowest BCUT2D eigenvalue weighted by molar-refractivity contribution is -0.145. The third kappa shape index (κ3) is 4.36. The number of aliphatic carboxylic acids is 1. The molecule has 0 spiro atoms. The minimum atomic E-state index is -0.889. The number of furan rings is 1. The average molecular weight is 391 g/mol. The first-order valence-electron chi connectivity index (χ1n) is 8.63. The molecular formula is C18H21N3O5S. The van der Waals surface area contributed by atoms with Crippen molar-refractivity contribution < 1.29 is 23.9 Å². The van der Waals surface area contributed by atoms with Crippen molar-refractivity contribution in [1.82, 2.24) is 14.8 Å². The van der Waals surface area contributed by atoms with Crippen LogP contribution in [-0.4, -0.2) is 64.4 Å². The van der Waals surface area contributed by atoms with E-state index >= 15 is 0 Å². The molecule has 2 amide bonds. The van der Waals surface area contributed by atoms with Crippen LogP contribution in [0.3, 0.4) is 0 Å². The number of carboxylic acids is 1. The van der Waals surface area contributed by atoms with Gasteiger partial charge in [0.1, 0.15) is 11.5 Å². The second-order valence-corrected chi connectivity index (χ2v) is 7.48. The number of likely N-dealkylation sites (tertiary alicyclic amines) is 1. The van der Waals surface area contributed by atoms with Crippen LogP contribution in [0.25, 0.3) is 10.8 Å². The Balaban J connectivity index is 1.61. The Morgan fingerprint density at radius 2 is 2.19 bits per heavy atom. The fourth-order valence-corrected chi connectivity index (χ4v) is 3.76. The lowest BCUT2D eigenvalue weighted by atomic mass is 9.98. The van der Waals surface area contributed by atoms with Crippen LogP contribution < -0.4 is 0 Å². The second kappa shape index (κ2) is 7.91. The summed E-state index contributed by atoms with van der Waals surface area (Å²) in [5.74, 6) is -0.684. The van der Waals surface area contributed by atoms with Crippen molar-refractivity contribution in [3.63, 3.8) is 0 Å². The van der Waals surface area contributed by atoms with Gasteiger partial charge in [-0.05, 0) is 31.9 Å². The van der Waals surface area contributed by atoms with Crippen molar-refractivity contribution in [3.05, 3.63) is 29.0 Å². The Morgan fingerprint density at radius 3 is 2.85 bits per heavy atom. The van der Waals surface area contributed by atoms with E-state index in [0.29, 0.717) is 30.2 Å². The first kappa shape index (κ1) is 19.1. The molecule has 144 valence electrons. The molecule has 3 heterocycles. The maximum atomic E-state index is 12.6. The molecule has 1 N–H and O–H groups in total. The lowest BCUT2D eigenvalue weighted by Gasteiger charge is -2.31. The van der Waals surface area contributed by atoms with Crippen LogP contribution in [0, 0.1) is 12.8 Å². The summed E-state index contributed by atoms with van der Waals surface area (Å²) in [7, 11) is 1.54. The molecule has 0 saturated carbocycles. The van der Waals surface area contributed by atoms with Gasteiger partial charge in [0.15, 0.2) is 10.8 Å². The van der Waals surface area contributed by atoms with E-state index in [0.717, 1.165) is 5.76 Å². The molecule has 27 heavy (non-hydrogen) atoms. The third-order valence-corrected chi connectivity index (χ3v) is 5.37. The Bertz CT molecular complexity index is 859. The standard InChI is InChI=1S/C18H21N3O5S/c1-11-5-6-14(26-11)16-19-13(10-27-16)17(23)20(2)9-15(22)21-7-3-4-12(8-21)18(24)25/h5-6,10,12H,3-4,7-9H2,1-2H3,(H,24,25). The maximum Gasteiger partial charge on any atom is 0.308 e. The minimum absolute atomic E-state index is 0.113. The summed E-state index contributed by atoms with van der Waals surface area (Å²) in [6, 6.07) is 3.62. The van der Waals surface area contributed by atoms with Crippen LogP contribution in [0.15, 0.2) is 21.9 Å². The normalized spacial score (nSPS) is 17.0. The summed E-state index contributed by atoms with van der Waals surface area (Å²) < 4.78 is 5.51. The molecular weight excluding hydrogens is 370 g/mol. The number of amides is 2. The van der Waals surface area contributed by atoms with E-state index < -0.39 is 11.9 Å². The summed E-state index contributed by atoms with van der Waals surface area (Å²) in [5.41, 5.74) is 0.251. The zero-order valence-electron chi connectivity index (χ0n) is 15.2. The molecule has 1 unspecified atom stereocenters. The van der Waals surface area contributed by atoms with Gasteiger partial charge < -0.3 is 19.3 Å². The van der Waals surface area contributed by atoms with Gasteiger partial charge in [0, 0.05) is 25.5 Å². The summed E-state index contributed by atoms with van der Waals surface area (Å²) in [4.78, 5) is 43.3. The third-order valence-electron chi connectivity index (χ3n) is 4.52. The summed E-state index contributed by atoms with van der Waals surface area (Å²) in [6.07, 6.45) is 1.22. The van der Waals surface area contributed by atoms with Gasteiger partial charge in [0.05, 0.1) is 12.5 Å². The van der Waals surface area contributed by atoms with Crippen molar-refractivity contribution in [3.8, 4) is 10.8 Å². The minimum Gasteiger partial charge on any atom is -0.481 e. The van der Waals surface area contributed by atoms with Crippen molar-refractivity contribution in [2.75, 3.05) is 26.7 Å². The highest BCUT2D eigenvalue weighted by Gasteiger charge is 2.29. The number of thiazole rings is 1. The highest BCUT2D eigenvalue weighted by atomic mass is 32.1. The molecule has 0 radical (unpaired) electrons. The molecule has 2 aromatic heterocycles. The van der Waals surface area contributed by atoms with Gasteiger partial charge >= 0.3 is 5.97 Å². The van der Waals surface area contributed by atoms with Gasteiger partial charge in [-0.2, -0.15) is 0 Å². The van der Waals surface area contributed by atoms with E-state index in [1.807, 2.05) is 13.0 Å². The first-order chi connectivity index (χ1) is 12.8. The Morgan fingerprint density at radius 1 is 1.41 bits per heavy atom. The lowest BCUT2D eigenvalue weighted by Crippen LogP contribution is -2.46. The van der Waals surface area contributed by atoms with Crippen molar-refractivity contribution in [2.45, 2.75) is 19.8 Å². The molecule has 1 atom stereocenters. The van der Waals surface area contributed by atoms with E-state index in [4.69, 9.17) is 9.52 Å². The van der Waals surface area contributed by atoms with Crippen molar-refractivity contribution in [2.24, 2.45) is 5.92 Å². The van der Waals surface area contributed by atoms with Crippen LogP contribution in [0.2, 0.25) is 0 Å². The maximum absolute atomic E-state index is 12.6. The van der Waals surface area contributed by atoms with Gasteiger partial charge in [-0.15, -0.1) is 11.3 Å². The molecule has 8 nitrogen and oxygen atoms in total.